The van der Waals surface area contributed by atoms with Crippen LogP contribution in [0.3, 0.4) is 0 Å². The third-order valence-corrected chi connectivity index (χ3v) is 5.93. The van der Waals surface area contributed by atoms with Gasteiger partial charge in [-0.25, -0.2) is 0 Å². The summed E-state index contributed by atoms with van der Waals surface area (Å²) in [5.74, 6) is 0. The van der Waals surface area contributed by atoms with Crippen LogP contribution in [0.1, 0.15) is 30.4 Å². The molecule has 1 fully saturated rings. The van der Waals surface area contributed by atoms with Gasteiger partial charge in [0.25, 0.3) is 0 Å². The Morgan fingerprint density at radius 1 is 1.33 bits per heavy atom. The summed E-state index contributed by atoms with van der Waals surface area (Å²) in [5, 5.41) is 1.93. The lowest BCUT2D eigenvalue weighted by molar-refractivity contribution is 0.0892. The van der Waals surface area contributed by atoms with Crippen LogP contribution < -0.4 is 0 Å². The first-order valence-corrected chi connectivity index (χ1v) is 8.75. The smallest absolute Gasteiger partial charge is 0.0585 e. The molecule has 18 heavy (non-hydrogen) atoms. The molecule has 1 unspecified atom stereocenters. The average molecular weight is 376 g/mol. The molecule has 1 heterocycles. The van der Waals surface area contributed by atoms with Gasteiger partial charge in [-0.05, 0) is 31.7 Å². The Kier molecular flexibility index (Phi) is 5.28. The first-order chi connectivity index (χ1) is 8.70. The molecule has 1 aliphatic rings. The highest BCUT2D eigenvalue weighted by atomic mass is 79.9. The van der Waals surface area contributed by atoms with Crippen LogP contribution in [-0.2, 0) is 10.2 Å². The average Bonchev–Trinajstić information content (AvgIpc) is 2.89. The van der Waals surface area contributed by atoms with Crippen molar-refractivity contribution in [1.29, 1.82) is 0 Å². The summed E-state index contributed by atoms with van der Waals surface area (Å²) < 4.78 is 5.82. The molecule has 1 nitrogen and oxygen atoms in total. The van der Waals surface area contributed by atoms with Crippen LogP contribution in [0.4, 0.5) is 0 Å². The number of aryl methyl sites for hydroxylation is 1. The maximum Gasteiger partial charge on any atom is 0.0585 e. The van der Waals surface area contributed by atoms with Crippen molar-refractivity contribution in [2.24, 2.45) is 0 Å². The van der Waals surface area contributed by atoms with Crippen molar-refractivity contribution in [1.82, 2.24) is 0 Å². The highest BCUT2D eigenvalue weighted by Gasteiger charge is 2.34. The van der Waals surface area contributed by atoms with Crippen LogP contribution in [0, 0.1) is 6.92 Å². The predicted octanol–water partition coefficient (Wildman–Crippen LogP) is 4.59. The predicted molar refractivity (Wildman–Crippen MR) is 84.0 cm³/mol. The largest absolute Gasteiger partial charge is 0.378 e. The zero-order valence-electron chi connectivity index (χ0n) is 10.8. The van der Waals surface area contributed by atoms with E-state index in [2.05, 4.69) is 63.0 Å². The third kappa shape index (κ3) is 3.17. The third-order valence-electron chi connectivity index (χ3n) is 3.78. The van der Waals surface area contributed by atoms with Crippen LogP contribution in [0.25, 0.3) is 0 Å². The van der Waals surface area contributed by atoms with Crippen molar-refractivity contribution in [3.05, 3.63) is 35.4 Å². The molecule has 100 valence electrons. The number of halogens is 2. The van der Waals surface area contributed by atoms with Gasteiger partial charge in [-0.1, -0.05) is 61.7 Å². The van der Waals surface area contributed by atoms with E-state index in [0.29, 0.717) is 6.10 Å². The SMILES string of the molecule is Cc1cccc(C(CBr)(CBr)CC2CCCO2)c1. The van der Waals surface area contributed by atoms with Gasteiger partial charge in [0.1, 0.15) is 0 Å². The van der Waals surface area contributed by atoms with E-state index in [1.807, 2.05) is 0 Å². The molecular formula is C15H20Br2O. The molecular weight excluding hydrogens is 356 g/mol. The number of hydrogen-bond acceptors (Lipinski definition) is 1. The maximum absolute atomic E-state index is 5.82. The number of rotatable bonds is 5. The van der Waals surface area contributed by atoms with Crippen LogP contribution in [0.5, 0.6) is 0 Å². The van der Waals surface area contributed by atoms with Gasteiger partial charge in [-0.2, -0.15) is 0 Å². The number of alkyl halides is 2. The van der Waals surface area contributed by atoms with E-state index in [9.17, 15) is 0 Å². The van der Waals surface area contributed by atoms with Gasteiger partial charge in [-0.3, -0.25) is 0 Å². The van der Waals surface area contributed by atoms with Crippen molar-refractivity contribution in [2.45, 2.75) is 37.7 Å². The Labute approximate surface area is 127 Å². The summed E-state index contributed by atoms with van der Waals surface area (Å²) in [7, 11) is 0. The minimum absolute atomic E-state index is 0.140. The van der Waals surface area contributed by atoms with Gasteiger partial charge < -0.3 is 4.74 Å². The summed E-state index contributed by atoms with van der Waals surface area (Å²) in [6.45, 7) is 3.09. The van der Waals surface area contributed by atoms with Gasteiger partial charge in [0.05, 0.1) is 6.10 Å². The van der Waals surface area contributed by atoms with E-state index >= 15 is 0 Å². The van der Waals surface area contributed by atoms with E-state index in [1.165, 1.54) is 24.0 Å². The van der Waals surface area contributed by atoms with Crippen LogP contribution >= 0.6 is 31.9 Å². The highest BCUT2D eigenvalue weighted by Crippen LogP contribution is 2.36. The van der Waals surface area contributed by atoms with Gasteiger partial charge in [-0.15, -0.1) is 0 Å². The van der Waals surface area contributed by atoms with Crippen molar-refractivity contribution >= 4 is 31.9 Å². The summed E-state index contributed by atoms with van der Waals surface area (Å²) >= 11 is 7.43. The molecule has 0 radical (unpaired) electrons. The molecule has 0 aromatic heterocycles. The van der Waals surface area contributed by atoms with Crippen LogP contribution in [0.2, 0.25) is 0 Å². The summed E-state index contributed by atoms with van der Waals surface area (Å²) in [6.07, 6.45) is 3.92. The monoisotopic (exact) mass is 374 g/mol. The standard InChI is InChI=1S/C15H20Br2O/c1-12-4-2-5-13(8-12)15(10-16,11-17)9-14-6-3-7-18-14/h2,4-5,8,14H,3,6-7,9-11H2,1H3. The first kappa shape index (κ1) is 14.5. The maximum atomic E-state index is 5.82. The minimum Gasteiger partial charge on any atom is -0.378 e. The van der Waals surface area contributed by atoms with Crippen LogP contribution in [-0.4, -0.2) is 23.4 Å². The van der Waals surface area contributed by atoms with E-state index in [-0.39, 0.29) is 5.41 Å². The Morgan fingerprint density at radius 3 is 2.67 bits per heavy atom. The fraction of sp³-hybridized carbons (Fsp3) is 0.600. The lowest BCUT2D eigenvalue weighted by Gasteiger charge is -2.33. The Balaban J connectivity index is 2.24. The molecule has 1 aromatic rings. The topological polar surface area (TPSA) is 9.23 Å². The number of benzene rings is 1. The van der Waals surface area contributed by atoms with E-state index in [1.54, 1.807) is 0 Å². The van der Waals surface area contributed by atoms with E-state index < -0.39 is 0 Å². The molecule has 0 N–H and O–H groups in total. The molecule has 0 bridgehead atoms. The molecule has 0 amide bonds. The lowest BCUT2D eigenvalue weighted by Crippen LogP contribution is -2.34. The zero-order chi connectivity index (χ0) is 13.0. The second kappa shape index (κ2) is 6.53. The number of hydrogen-bond donors (Lipinski definition) is 0. The molecule has 1 saturated heterocycles. The Bertz CT molecular complexity index is 382. The zero-order valence-corrected chi connectivity index (χ0v) is 14.0. The fourth-order valence-electron chi connectivity index (χ4n) is 2.63. The summed E-state index contributed by atoms with van der Waals surface area (Å²) in [6, 6.07) is 8.85. The molecule has 0 spiro atoms. The molecule has 0 saturated carbocycles. The molecule has 2 rings (SSSR count). The molecule has 3 heteroatoms. The van der Waals surface area contributed by atoms with Crippen molar-refractivity contribution < 1.29 is 4.74 Å². The normalized spacial score (nSPS) is 20.3. The highest BCUT2D eigenvalue weighted by molar-refractivity contribution is 9.09. The van der Waals surface area contributed by atoms with E-state index in [0.717, 1.165) is 23.7 Å². The summed E-state index contributed by atoms with van der Waals surface area (Å²) in [5.41, 5.74) is 2.87. The van der Waals surface area contributed by atoms with Crippen molar-refractivity contribution in [3.63, 3.8) is 0 Å². The Morgan fingerprint density at radius 2 is 2.11 bits per heavy atom. The molecule has 1 aliphatic heterocycles. The Hall–Kier alpha value is 0.140. The van der Waals surface area contributed by atoms with Crippen molar-refractivity contribution in [2.75, 3.05) is 17.3 Å². The minimum atomic E-state index is 0.140. The van der Waals surface area contributed by atoms with Gasteiger partial charge >= 0.3 is 0 Å². The summed E-state index contributed by atoms with van der Waals surface area (Å²) in [4.78, 5) is 0. The molecule has 1 aromatic carbocycles. The van der Waals surface area contributed by atoms with Gasteiger partial charge in [0, 0.05) is 22.7 Å². The van der Waals surface area contributed by atoms with Gasteiger partial charge in [0.15, 0.2) is 0 Å². The number of ether oxygens (including phenoxy) is 1. The first-order valence-electron chi connectivity index (χ1n) is 6.51. The molecule has 1 atom stereocenters. The second-order valence-electron chi connectivity index (χ2n) is 5.26. The second-order valence-corrected chi connectivity index (χ2v) is 6.38. The molecule has 0 aliphatic carbocycles. The fourth-order valence-corrected chi connectivity index (χ4v) is 4.67. The quantitative estimate of drug-likeness (QED) is 0.683. The van der Waals surface area contributed by atoms with Gasteiger partial charge in [0.2, 0.25) is 0 Å². The lowest BCUT2D eigenvalue weighted by atomic mass is 9.78. The van der Waals surface area contributed by atoms with Crippen LogP contribution in [0.15, 0.2) is 24.3 Å². The van der Waals surface area contributed by atoms with E-state index in [4.69, 9.17) is 4.74 Å². The van der Waals surface area contributed by atoms with Crippen molar-refractivity contribution in [3.8, 4) is 0 Å².